The van der Waals surface area contributed by atoms with Gasteiger partial charge in [0.25, 0.3) is 0 Å². The van der Waals surface area contributed by atoms with Crippen molar-refractivity contribution in [1.82, 2.24) is 15.1 Å². The molecule has 4 rings (SSSR count). The van der Waals surface area contributed by atoms with Crippen molar-refractivity contribution in [3.8, 4) is 0 Å². The van der Waals surface area contributed by atoms with Gasteiger partial charge in [-0.3, -0.25) is 14.5 Å². The highest BCUT2D eigenvalue weighted by Crippen LogP contribution is 2.34. The fourth-order valence-corrected chi connectivity index (χ4v) is 5.23. The van der Waals surface area contributed by atoms with Gasteiger partial charge in [0, 0.05) is 56.9 Å². The number of carbonyl (C=O) groups is 2. The van der Waals surface area contributed by atoms with Crippen LogP contribution in [-0.4, -0.2) is 73.5 Å². The molecule has 2 heterocycles. The second-order valence-corrected chi connectivity index (χ2v) is 9.03. The maximum Gasteiger partial charge on any atom is 0.227 e. The van der Waals surface area contributed by atoms with Crippen molar-refractivity contribution < 1.29 is 9.59 Å². The Kier molecular flexibility index (Phi) is 6.20. The topological polar surface area (TPSA) is 55.9 Å². The van der Waals surface area contributed by atoms with Crippen LogP contribution in [0.2, 0.25) is 0 Å². The molecule has 1 aliphatic carbocycles. The maximum atomic E-state index is 13.0. The number of rotatable bonds is 5. The quantitative estimate of drug-likeness (QED) is 0.825. The Bertz CT molecular complexity index is 709. The van der Waals surface area contributed by atoms with Gasteiger partial charge in [0.1, 0.15) is 0 Å². The molecule has 2 amide bonds. The van der Waals surface area contributed by atoms with Crippen LogP contribution in [-0.2, 0) is 9.59 Å². The van der Waals surface area contributed by atoms with Gasteiger partial charge < -0.3 is 15.1 Å². The minimum Gasteiger partial charge on any atom is -0.354 e. The zero-order valence-corrected chi connectivity index (χ0v) is 17.6. The maximum absolute atomic E-state index is 13.0. The fourth-order valence-electron chi connectivity index (χ4n) is 5.23. The largest absolute Gasteiger partial charge is 0.354 e. The van der Waals surface area contributed by atoms with Crippen molar-refractivity contribution in [3.05, 3.63) is 30.3 Å². The van der Waals surface area contributed by atoms with Crippen molar-refractivity contribution >= 4 is 17.5 Å². The van der Waals surface area contributed by atoms with Gasteiger partial charge >= 0.3 is 0 Å². The van der Waals surface area contributed by atoms with Crippen molar-refractivity contribution in [1.29, 1.82) is 0 Å². The molecule has 1 aromatic carbocycles. The van der Waals surface area contributed by atoms with E-state index in [1.807, 2.05) is 30.3 Å². The Morgan fingerprint density at radius 2 is 1.76 bits per heavy atom. The monoisotopic (exact) mass is 398 g/mol. The second-order valence-electron chi connectivity index (χ2n) is 9.03. The fraction of sp³-hybridized carbons (Fsp3) is 0.652. The Balaban J connectivity index is 1.38. The highest BCUT2D eigenvalue weighted by molar-refractivity contribution is 6.00. The molecule has 0 bridgehead atoms. The smallest absolute Gasteiger partial charge is 0.227 e. The summed E-state index contributed by atoms with van der Waals surface area (Å²) < 4.78 is 0. The van der Waals surface area contributed by atoms with Gasteiger partial charge in [0.15, 0.2) is 0 Å². The standard InChI is InChI=1S/C23H34N4O2/c1-25-12-14-26(15-13-25)23(10-6-3-7-11-23)18-24-22(29)19-16-21(28)27(17-19)20-8-4-2-5-9-20/h2,4-5,8-9,19H,3,6-7,10-18H2,1H3,(H,24,29)/t19-/m1/s1. The van der Waals surface area contributed by atoms with Crippen LogP contribution in [0.4, 0.5) is 5.69 Å². The van der Waals surface area contributed by atoms with E-state index in [-0.39, 0.29) is 23.3 Å². The number of nitrogens with zero attached hydrogens (tertiary/aromatic N) is 3. The van der Waals surface area contributed by atoms with Crippen LogP contribution in [0.15, 0.2) is 30.3 Å². The molecular weight excluding hydrogens is 364 g/mol. The Hall–Kier alpha value is -1.92. The molecule has 0 radical (unpaired) electrons. The molecule has 6 nitrogen and oxygen atoms in total. The summed E-state index contributed by atoms with van der Waals surface area (Å²) in [6.45, 7) is 5.55. The van der Waals surface area contributed by atoms with Gasteiger partial charge in [0.2, 0.25) is 11.8 Å². The van der Waals surface area contributed by atoms with Gasteiger partial charge in [0.05, 0.1) is 5.92 Å². The van der Waals surface area contributed by atoms with E-state index < -0.39 is 0 Å². The minimum absolute atomic E-state index is 0.0378. The third kappa shape index (κ3) is 4.48. The molecule has 158 valence electrons. The lowest BCUT2D eigenvalue weighted by molar-refractivity contribution is -0.127. The minimum atomic E-state index is -0.254. The molecular formula is C23H34N4O2. The van der Waals surface area contributed by atoms with Crippen LogP contribution in [0, 0.1) is 5.92 Å². The normalized spacial score (nSPS) is 25.9. The van der Waals surface area contributed by atoms with Crippen LogP contribution in [0.25, 0.3) is 0 Å². The predicted octanol–water partition coefficient (Wildman–Crippen LogP) is 2.11. The summed E-state index contributed by atoms with van der Waals surface area (Å²) in [5, 5.41) is 3.26. The lowest BCUT2D eigenvalue weighted by Crippen LogP contribution is -2.61. The number of piperazine rings is 1. The SMILES string of the molecule is CN1CCN(C2(CNC(=O)[C@@H]3CC(=O)N(c4ccccc4)C3)CCCCC2)CC1. The van der Waals surface area contributed by atoms with Crippen molar-refractivity contribution in [2.75, 3.05) is 51.2 Å². The second kappa shape index (κ2) is 8.84. The van der Waals surface area contributed by atoms with Gasteiger partial charge in [-0.25, -0.2) is 0 Å². The number of amides is 2. The first-order valence-electron chi connectivity index (χ1n) is 11.1. The molecule has 2 aliphatic heterocycles. The molecule has 0 unspecified atom stereocenters. The molecule has 0 spiro atoms. The highest BCUT2D eigenvalue weighted by Gasteiger charge is 2.41. The average Bonchev–Trinajstić information content (AvgIpc) is 3.15. The number of hydrogen-bond donors (Lipinski definition) is 1. The van der Waals surface area contributed by atoms with E-state index in [2.05, 4.69) is 22.2 Å². The first-order chi connectivity index (χ1) is 14.1. The molecule has 29 heavy (non-hydrogen) atoms. The summed E-state index contributed by atoms with van der Waals surface area (Å²) in [6, 6.07) is 9.67. The molecule has 1 atom stereocenters. The number of para-hydroxylation sites is 1. The van der Waals surface area contributed by atoms with E-state index in [0.717, 1.165) is 44.7 Å². The zero-order chi connectivity index (χ0) is 20.3. The molecule has 1 N–H and O–H groups in total. The lowest BCUT2D eigenvalue weighted by atomic mass is 9.79. The summed E-state index contributed by atoms with van der Waals surface area (Å²) in [6.07, 6.45) is 6.42. The summed E-state index contributed by atoms with van der Waals surface area (Å²) in [7, 11) is 2.18. The van der Waals surface area contributed by atoms with Gasteiger partial charge in [-0.2, -0.15) is 0 Å². The van der Waals surface area contributed by atoms with Crippen LogP contribution in [0.1, 0.15) is 38.5 Å². The number of hydrogen-bond acceptors (Lipinski definition) is 4. The van der Waals surface area contributed by atoms with Gasteiger partial charge in [-0.15, -0.1) is 0 Å². The Labute approximate surface area is 174 Å². The summed E-state index contributed by atoms with van der Waals surface area (Å²) in [5.74, 6) is -0.172. The van der Waals surface area contributed by atoms with Crippen molar-refractivity contribution in [3.63, 3.8) is 0 Å². The van der Waals surface area contributed by atoms with Gasteiger partial charge in [-0.1, -0.05) is 37.5 Å². The predicted molar refractivity (Wildman–Crippen MR) is 115 cm³/mol. The van der Waals surface area contributed by atoms with Crippen LogP contribution >= 0.6 is 0 Å². The number of anilines is 1. The molecule has 1 saturated carbocycles. The molecule has 3 aliphatic rings. The first kappa shape index (κ1) is 20.4. The first-order valence-corrected chi connectivity index (χ1v) is 11.1. The van der Waals surface area contributed by atoms with Gasteiger partial charge in [-0.05, 0) is 32.0 Å². The number of benzene rings is 1. The van der Waals surface area contributed by atoms with Crippen molar-refractivity contribution in [2.24, 2.45) is 5.92 Å². The van der Waals surface area contributed by atoms with E-state index in [1.54, 1.807) is 4.90 Å². The third-order valence-corrected chi connectivity index (χ3v) is 7.11. The molecule has 2 saturated heterocycles. The Morgan fingerprint density at radius 1 is 1.07 bits per heavy atom. The van der Waals surface area contributed by atoms with Crippen molar-refractivity contribution in [2.45, 2.75) is 44.1 Å². The van der Waals surface area contributed by atoms with Crippen LogP contribution in [0.3, 0.4) is 0 Å². The summed E-state index contributed by atoms with van der Waals surface area (Å²) in [4.78, 5) is 32.2. The molecule has 0 aromatic heterocycles. The third-order valence-electron chi connectivity index (χ3n) is 7.11. The summed E-state index contributed by atoms with van der Waals surface area (Å²) >= 11 is 0. The number of nitrogens with one attached hydrogen (secondary N) is 1. The molecule has 3 fully saturated rings. The molecule has 1 aromatic rings. The van der Waals surface area contributed by atoms with E-state index in [0.29, 0.717) is 19.5 Å². The van der Waals surface area contributed by atoms with Crippen LogP contribution < -0.4 is 10.2 Å². The van der Waals surface area contributed by atoms with E-state index in [9.17, 15) is 9.59 Å². The molecule has 6 heteroatoms. The van der Waals surface area contributed by atoms with E-state index in [4.69, 9.17) is 0 Å². The average molecular weight is 399 g/mol. The Morgan fingerprint density at radius 3 is 2.45 bits per heavy atom. The lowest BCUT2D eigenvalue weighted by Gasteiger charge is -2.49. The number of likely N-dealkylation sites (N-methyl/N-ethyl adjacent to an activating group) is 1. The summed E-state index contributed by atoms with van der Waals surface area (Å²) in [5.41, 5.74) is 0.977. The zero-order valence-electron chi connectivity index (χ0n) is 17.6. The van der Waals surface area contributed by atoms with Crippen LogP contribution in [0.5, 0.6) is 0 Å². The van der Waals surface area contributed by atoms with E-state index in [1.165, 1.54) is 19.3 Å². The highest BCUT2D eigenvalue weighted by atomic mass is 16.2. The number of carbonyl (C=O) groups excluding carboxylic acids is 2. The van der Waals surface area contributed by atoms with E-state index >= 15 is 0 Å².